The first-order valence-electron chi connectivity index (χ1n) is 8.78. The number of benzene rings is 1. The van der Waals surface area contributed by atoms with E-state index in [1.807, 2.05) is 0 Å². The SMILES string of the molecule is CC(=O)Nc1ccc(O[C@H]2O[C@H](COC(=O)CCC(=O)O)C(O)[C@H](O)[C@@H]2O)cc1. The first-order chi connectivity index (χ1) is 13.7. The molecule has 1 aromatic carbocycles. The van der Waals surface area contributed by atoms with Gasteiger partial charge >= 0.3 is 11.9 Å². The smallest absolute Gasteiger partial charge is 0.306 e. The summed E-state index contributed by atoms with van der Waals surface area (Å²) in [6, 6.07) is 6.11. The van der Waals surface area contributed by atoms with Crippen molar-refractivity contribution in [2.75, 3.05) is 11.9 Å². The van der Waals surface area contributed by atoms with E-state index >= 15 is 0 Å². The fraction of sp³-hybridized carbons (Fsp3) is 0.500. The third kappa shape index (κ3) is 6.68. The average molecular weight is 413 g/mol. The summed E-state index contributed by atoms with van der Waals surface area (Å²) in [5, 5.41) is 41.3. The van der Waals surface area contributed by atoms with Gasteiger partial charge in [0.05, 0.1) is 12.8 Å². The standard InChI is InChI=1S/C18H23NO10/c1-9(20)19-10-2-4-11(5-3-10)28-18-17(26)16(25)15(24)12(29-18)8-27-14(23)7-6-13(21)22/h2-5,12,15-18,24-26H,6-8H2,1H3,(H,19,20)(H,21,22)/t12-,15?,16+,17+,18+/m1/s1. The van der Waals surface area contributed by atoms with Gasteiger partial charge in [-0.05, 0) is 24.3 Å². The van der Waals surface area contributed by atoms with Crippen LogP contribution in [-0.4, -0.2) is 75.6 Å². The maximum Gasteiger partial charge on any atom is 0.306 e. The summed E-state index contributed by atoms with van der Waals surface area (Å²) >= 11 is 0. The predicted octanol–water partition coefficient (Wildman–Crippen LogP) is -0.761. The Morgan fingerprint density at radius 2 is 1.69 bits per heavy atom. The number of amides is 1. The van der Waals surface area contributed by atoms with Crippen LogP contribution in [0.3, 0.4) is 0 Å². The molecule has 0 radical (unpaired) electrons. The van der Waals surface area contributed by atoms with Crippen molar-refractivity contribution in [3.8, 4) is 5.75 Å². The lowest BCUT2D eigenvalue weighted by molar-refractivity contribution is -0.278. The second-order valence-electron chi connectivity index (χ2n) is 6.41. The number of aliphatic carboxylic acids is 1. The van der Waals surface area contributed by atoms with Crippen LogP contribution < -0.4 is 10.1 Å². The molecule has 29 heavy (non-hydrogen) atoms. The molecule has 11 heteroatoms. The molecule has 5 atom stereocenters. The summed E-state index contributed by atoms with van der Waals surface area (Å²) < 4.78 is 15.8. The minimum Gasteiger partial charge on any atom is -0.481 e. The molecule has 160 valence electrons. The molecule has 0 spiro atoms. The number of carbonyl (C=O) groups is 3. The summed E-state index contributed by atoms with van der Waals surface area (Å²) in [6.07, 6.45) is -8.11. The van der Waals surface area contributed by atoms with Gasteiger partial charge in [0.2, 0.25) is 12.2 Å². The molecule has 1 amide bonds. The number of esters is 1. The third-order valence-electron chi connectivity index (χ3n) is 4.05. The molecule has 1 aliphatic rings. The summed E-state index contributed by atoms with van der Waals surface area (Å²) in [7, 11) is 0. The Kier molecular flexibility index (Phi) is 7.91. The Morgan fingerprint density at radius 1 is 1.03 bits per heavy atom. The summed E-state index contributed by atoms with van der Waals surface area (Å²) in [5.74, 6) is -1.96. The minimum absolute atomic E-state index is 0.248. The van der Waals surface area contributed by atoms with Crippen LogP contribution in [0.1, 0.15) is 19.8 Å². The number of carboxylic acid groups (broad SMARTS) is 1. The molecule has 0 aliphatic carbocycles. The Balaban J connectivity index is 1.96. The number of nitrogens with one attached hydrogen (secondary N) is 1. The van der Waals surface area contributed by atoms with E-state index in [1.165, 1.54) is 19.1 Å². The zero-order valence-electron chi connectivity index (χ0n) is 15.6. The molecule has 1 fully saturated rings. The summed E-state index contributed by atoms with van der Waals surface area (Å²) in [6.45, 7) is 0.892. The summed E-state index contributed by atoms with van der Waals surface area (Å²) in [5.41, 5.74) is 0.525. The number of carbonyl (C=O) groups excluding carboxylic acids is 2. The van der Waals surface area contributed by atoms with Gasteiger partial charge in [0.15, 0.2) is 0 Å². The topological polar surface area (TPSA) is 172 Å². The van der Waals surface area contributed by atoms with Gasteiger partial charge < -0.3 is 40.0 Å². The van der Waals surface area contributed by atoms with E-state index < -0.39 is 55.7 Å². The van der Waals surface area contributed by atoms with E-state index in [2.05, 4.69) is 5.32 Å². The van der Waals surface area contributed by atoms with Crippen LogP contribution in [-0.2, 0) is 23.9 Å². The second-order valence-corrected chi connectivity index (χ2v) is 6.41. The highest BCUT2D eigenvalue weighted by Gasteiger charge is 2.45. The predicted molar refractivity (Wildman–Crippen MR) is 95.9 cm³/mol. The number of aliphatic hydroxyl groups excluding tert-OH is 3. The minimum atomic E-state index is -1.63. The zero-order chi connectivity index (χ0) is 21.6. The van der Waals surface area contributed by atoms with Crippen LogP contribution in [0.2, 0.25) is 0 Å². The van der Waals surface area contributed by atoms with Gasteiger partial charge in [-0.25, -0.2) is 0 Å². The fourth-order valence-electron chi connectivity index (χ4n) is 2.56. The van der Waals surface area contributed by atoms with E-state index in [0.29, 0.717) is 5.69 Å². The van der Waals surface area contributed by atoms with E-state index in [4.69, 9.17) is 19.3 Å². The Bertz CT molecular complexity index is 722. The molecule has 5 N–H and O–H groups in total. The molecule has 1 unspecified atom stereocenters. The van der Waals surface area contributed by atoms with Crippen molar-refractivity contribution in [3.63, 3.8) is 0 Å². The number of hydrogen-bond acceptors (Lipinski definition) is 9. The average Bonchev–Trinajstić information content (AvgIpc) is 2.66. The third-order valence-corrected chi connectivity index (χ3v) is 4.05. The molecule has 2 rings (SSSR count). The first kappa shape index (κ1) is 22.6. The summed E-state index contributed by atoms with van der Waals surface area (Å²) in [4.78, 5) is 33.0. The van der Waals surface area contributed by atoms with Gasteiger partial charge in [-0.1, -0.05) is 0 Å². The molecule has 11 nitrogen and oxygen atoms in total. The highest BCUT2D eigenvalue weighted by atomic mass is 16.7. The van der Waals surface area contributed by atoms with Gasteiger partial charge in [0.1, 0.15) is 36.8 Å². The van der Waals surface area contributed by atoms with E-state index in [0.717, 1.165) is 0 Å². The molecule has 1 aromatic rings. The maximum absolute atomic E-state index is 11.5. The molecule has 0 saturated carbocycles. The van der Waals surface area contributed by atoms with Gasteiger partial charge in [-0.15, -0.1) is 0 Å². The molecule has 0 aromatic heterocycles. The van der Waals surface area contributed by atoms with Crippen LogP contribution in [0.4, 0.5) is 5.69 Å². The van der Waals surface area contributed by atoms with Crippen molar-refractivity contribution in [2.24, 2.45) is 0 Å². The van der Waals surface area contributed by atoms with Gasteiger partial charge in [-0.3, -0.25) is 14.4 Å². The number of rotatable bonds is 8. The van der Waals surface area contributed by atoms with Crippen LogP contribution >= 0.6 is 0 Å². The lowest BCUT2D eigenvalue weighted by Crippen LogP contribution is -2.60. The maximum atomic E-state index is 11.5. The highest BCUT2D eigenvalue weighted by molar-refractivity contribution is 5.88. The van der Waals surface area contributed by atoms with Gasteiger partial charge in [0, 0.05) is 12.6 Å². The fourth-order valence-corrected chi connectivity index (χ4v) is 2.56. The van der Waals surface area contributed by atoms with Crippen molar-refractivity contribution in [1.82, 2.24) is 0 Å². The normalized spacial score (nSPS) is 26.4. The van der Waals surface area contributed by atoms with Crippen LogP contribution in [0.15, 0.2) is 24.3 Å². The molecule has 0 bridgehead atoms. The Morgan fingerprint density at radius 3 is 2.28 bits per heavy atom. The molecule has 1 aliphatic heterocycles. The number of anilines is 1. The monoisotopic (exact) mass is 413 g/mol. The largest absolute Gasteiger partial charge is 0.481 e. The van der Waals surface area contributed by atoms with Crippen molar-refractivity contribution >= 4 is 23.5 Å². The van der Waals surface area contributed by atoms with Gasteiger partial charge in [0.25, 0.3) is 0 Å². The Hall–Kier alpha value is -2.73. The van der Waals surface area contributed by atoms with Gasteiger partial charge in [-0.2, -0.15) is 0 Å². The lowest BCUT2D eigenvalue weighted by Gasteiger charge is -2.39. The number of hydrogen-bond donors (Lipinski definition) is 5. The van der Waals surface area contributed by atoms with Crippen molar-refractivity contribution in [1.29, 1.82) is 0 Å². The Labute approximate surface area is 165 Å². The van der Waals surface area contributed by atoms with Crippen LogP contribution in [0.5, 0.6) is 5.75 Å². The number of carboxylic acids is 1. The van der Waals surface area contributed by atoms with Crippen LogP contribution in [0, 0.1) is 0 Å². The zero-order valence-corrected chi connectivity index (χ0v) is 15.6. The second kappa shape index (κ2) is 10.2. The van der Waals surface area contributed by atoms with Crippen molar-refractivity contribution in [3.05, 3.63) is 24.3 Å². The van der Waals surface area contributed by atoms with E-state index in [9.17, 15) is 29.7 Å². The quantitative estimate of drug-likeness (QED) is 0.341. The number of aliphatic hydroxyl groups is 3. The number of ether oxygens (including phenoxy) is 3. The van der Waals surface area contributed by atoms with E-state index in [1.54, 1.807) is 12.1 Å². The van der Waals surface area contributed by atoms with Crippen LogP contribution in [0.25, 0.3) is 0 Å². The lowest BCUT2D eigenvalue weighted by atomic mass is 9.99. The highest BCUT2D eigenvalue weighted by Crippen LogP contribution is 2.25. The van der Waals surface area contributed by atoms with Crippen molar-refractivity contribution in [2.45, 2.75) is 50.5 Å². The molecular weight excluding hydrogens is 390 g/mol. The molecule has 1 heterocycles. The van der Waals surface area contributed by atoms with E-state index in [-0.39, 0.29) is 18.1 Å². The molecule has 1 saturated heterocycles. The molecular formula is C18H23NO10. The first-order valence-corrected chi connectivity index (χ1v) is 8.78. The van der Waals surface area contributed by atoms with Crippen molar-refractivity contribution < 1.29 is 49.0 Å².